The van der Waals surface area contributed by atoms with Gasteiger partial charge in [-0.05, 0) is 19.1 Å². The zero-order valence-electron chi connectivity index (χ0n) is 11.9. The average Bonchev–Trinajstić information content (AvgIpc) is 2.44. The minimum atomic E-state index is -1.17. The molecule has 0 aromatic heterocycles. The number of urea groups is 1. The van der Waals surface area contributed by atoms with E-state index in [9.17, 15) is 9.59 Å². The first-order valence-corrected chi connectivity index (χ1v) is 6.52. The largest absolute Gasteiger partial charge is 0.497 e. The third kappa shape index (κ3) is 1.96. The van der Waals surface area contributed by atoms with Gasteiger partial charge in [0.2, 0.25) is 0 Å². The quantitative estimate of drug-likeness (QED) is 0.793. The second kappa shape index (κ2) is 4.54. The summed E-state index contributed by atoms with van der Waals surface area (Å²) in [5, 5.41) is 5.41. The fourth-order valence-corrected chi connectivity index (χ4v) is 2.93. The van der Waals surface area contributed by atoms with Crippen molar-refractivity contribution in [1.82, 2.24) is 10.6 Å². The van der Waals surface area contributed by atoms with Gasteiger partial charge in [0.05, 0.1) is 20.3 Å². The number of amides is 2. The Morgan fingerprint density at radius 2 is 2.14 bits per heavy atom. The molecule has 7 nitrogen and oxygen atoms in total. The lowest BCUT2D eigenvalue weighted by Crippen LogP contribution is -2.70. The molecule has 3 unspecified atom stereocenters. The lowest BCUT2D eigenvalue weighted by atomic mass is 9.80. The number of ether oxygens (including phenoxy) is 3. The van der Waals surface area contributed by atoms with Gasteiger partial charge in [0.15, 0.2) is 5.72 Å². The van der Waals surface area contributed by atoms with E-state index in [1.807, 2.05) is 0 Å². The Labute approximate surface area is 121 Å². The summed E-state index contributed by atoms with van der Waals surface area (Å²) >= 11 is 0. The first kappa shape index (κ1) is 13.5. The molecule has 1 aromatic rings. The first-order valence-electron chi connectivity index (χ1n) is 6.52. The molecule has 2 amide bonds. The summed E-state index contributed by atoms with van der Waals surface area (Å²) in [6.07, 6.45) is 0. The molecule has 2 bridgehead atoms. The van der Waals surface area contributed by atoms with Gasteiger partial charge in [-0.1, -0.05) is 0 Å². The topological polar surface area (TPSA) is 85.9 Å². The van der Waals surface area contributed by atoms with E-state index in [2.05, 4.69) is 10.6 Å². The molecule has 7 heteroatoms. The SMILES string of the molecule is COC(=O)C1C2NC(=O)NC1(C)Oc1cc(OC)ccc12. The van der Waals surface area contributed by atoms with E-state index in [1.165, 1.54) is 7.11 Å². The van der Waals surface area contributed by atoms with Gasteiger partial charge in [0.25, 0.3) is 0 Å². The summed E-state index contributed by atoms with van der Waals surface area (Å²) in [6, 6.07) is 4.37. The highest BCUT2D eigenvalue weighted by Crippen LogP contribution is 2.46. The van der Waals surface area contributed by atoms with Gasteiger partial charge < -0.3 is 19.5 Å². The molecule has 0 radical (unpaired) electrons. The molecule has 2 heterocycles. The lowest BCUT2D eigenvalue weighted by molar-refractivity contribution is -0.160. The Morgan fingerprint density at radius 1 is 1.38 bits per heavy atom. The number of methoxy groups -OCH3 is 2. The lowest BCUT2D eigenvalue weighted by Gasteiger charge is -2.48. The number of hydrogen-bond donors (Lipinski definition) is 2. The van der Waals surface area contributed by atoms with Crippen molar-refractivity contribution in [2.24, 2.45) is 5.92 Å². The van der Waals surface area contributed by atoms with E-state index >= 15 is 0 Å². The number of nitrogens with one attached hydrogen (secondary N) is 2. The van der Waals surface area contributed by atoms with Gasteiger partial charge in [-0.3, -0.25) is 10.1 Å². The highest BCUT2D eigenvalue weighted by atomic mass is 16.5. The Kier molecular flexibility index (Phi) is 2.93. The number of benzene rings is 1. The number of rotatable bonds is 2. The van der Waals surface area contributed by atoms with Crippen LogP contribution in [0.4, 0.5) is 4.79 Å². The van der Waals surface area contributed by atoms with E-state index < -0.39 is 23.7 Å². The van der Waals surface area contributed by atoms with E-state index in [4.69, 9.17) is 14.2 Å². The van der Waals surface area contributed by atoms with Crippen LogP contribution in [0.15, 0.2) is 18.2 Å². The third-order valence-corrected chi connectivity index (χ3v) is 3.91. The van der Waals surface area contributed by atoms with Crippen LogP contribution < -0.4 is 20.1 Å². The average molecular weight is 292 g/mol. The number of carbonyl (C=O) groups excluding carboxylic acids is 2. The second-order valence-corrected chi connectivity index (χ2v) is 5.19. The van der Waals surface area contributed by atoms with Crippen molar-refractivity contribution in [2.75, 3.05) is 14.2 Å². The summed E-state index contributed by atoms with van der Waals surface area (Å²) in [6.45, 7) is 1.66. The smallest absolute Gasteiger partial charge is 0.318 e. The van der Waals surface area contributed by atoms with Gasteiger partial charge in [-0.25, -0.2) is 4.79 Å². The molecule has 1 fully saturated rings. The Morgan fingerprint density at radius 3 is 2.81 bits per heavy atom. The molecule has 0 aliphatic carbocycles. The van der Waals surface area contributed by atoms with Crippen molar-refractivity contribution in [3.8, 4) is 11.5 Å². The van der Waals surface area contributed by atoms with E-state index in [1.54, 1.807) is 32.2 Å². The number of hydrogen-bond acceptors (Lipinski definition) is 5. The Bertz CT molecular complexity index is 617. The predicted molar refractivity (Wildman–Crippen MR) is 71.9 cm³/mol. The molecule has 2 N–H and O–H groups in total. The molecule has 0 saturated carbocycles. The molecule has 2 aliphatic rings. The van der Waals surface area contributed by atoms with Gasteiger partial charge in [0.1, 0.15) is 17.4 Å². The van der Waals surface area contributed by atoms with Crippen molar-refractivity contribution in [3.05, 3.63) is 23.8 Å². The second-order valence-electron chi connectivity index (χ2n) is 5.19. The Hall–Kier alpha value is -2.44. The predicted octanol–water partition coefficient (Wildman–Crippen LogP) is 0.947. The van der Waals surface area contributed by atoms with Gasteiger partial charge >= 0.3 is 12.0 Å². The summed E-state index contributed by atoms with van der Waals surface area (Å²) in [7, 11) is 2.87. The van der Waals surface area contributed by atoms with Crippen molar-refractivity contribution >= 4 is 12.0 Å². The maximum Gasteiger partial charge on any atom is 0.318 e. The summed E-state index contributed by atoms with van der Waals surface area (Å²) < 4.78 is 15.9. The molecule has 0 spiro atoms. The van der Waals surface area contributed by atoms with Crippen molar-refractivity contribution in [1.29, 1.82) is 0 Å². The minimum absolute atomic E-state index is 0.385. The zero-order chi connectivity index (χ0) is 15.2. The van der Waals surface area contributed by atoms with Crippen molar-refractivity contribution in [2.45, 2.75) is 18.7 Å². The zero-order valence-corrected chi connectivity index (χ0v) is 11.9. The van der Waals surface area contributed by atoms with E-state index in [0.717, 1.165) is 5.56 Å². The van der Waals surface area contributed by atoms with Crippen LogP contribution in [0.25, 0.3) is 0 Å². The summed E-state index contributed by atoms with van der Waals surface area (Å²) in [5.41, 5.74) is -0.446. The van der Waals surface area contributed by atoms with Crippen LogP contribution in [0.3, 0.4) is 0 Å². The monoisotopic (exact) mass is 292 g/mol. The fourth-order valence-electron chi connectivity index (χ4n) is 2.93. The molecular formula is C14H16N2O5. The number of fused-ring (bicyclic) bond motifs is 4. The molecule has 1 aromatic carbocycles. The molecule has 3 atom stereocenters. The van der Waals surface area contributed by atoms with Crippen molar-refractivity contribution in [3.63, 3.8) is 0 Å². The maximum atomic E-state index is 12.1. The maximum absolute atomic E-state index is 12.1. The molecule has 21 heavy (non-hydrogen) atoms. The Balaban J connectivity index is 2.12. The highest BCUT2D eigenvalue weighted by Gasteiger charge is 2.56. The third-order valence-electron chi connectivity index (χ3n) is 3.91. The first-order chi connectivity index (χ1) is 9.98. The van der Waals surface area contributed by atoms with Crippen molar-refractivity contribution < 1.29 is 23.8 Å². The van der Waals surface area contributed by atoms with Gasteiger partial charge in [-0.2, -0.15) is 0 Å². The molecule has 3 rings (SSSR count). The van der Waals surface area contributed by atoms with E-state index in [-0.39, 0.29) is 6.03 Å². The van der Waals surface area contributed by atoms with Crippen LogP contribution in [-0.4, -0.2) is 31.9 Å². The van der Waals surface area contributed by atoms with Crippen LogP contribution >= 0.6 is 0 Å². The van der Waals surface area contributed by atoms with Crippen LogP contribution in [0.2, 0.25) is 0 Å². The molecule has 1 saturated heterocycles. The molecule has 2 aliphatic heterocycles. The number of carbonyl (C=O) groups is 2. The normalized spacial score (nSPS) is 29.4. The van der Waals surface area contributed by atoms with E-state index in [0.29, 0.717) is 11.5 Å². The fraction of sp³-hybridized carbons (Fsp3) is 0.429. The highest BCUT2D eigenvalue weighted by molar-refractivity contribution is 5.84. The van der Waals surface area contributed by atoms with Crippen LogP contribution in [0.1, 0.15) is 18.5 Å². The summed E-state index contributed by atoms with van der Waals surface area (Å²) in [5.74, 6) is 0.0744. The van der Waals surface area contributed by atoms with Crippen LogP contribution in [0.5, 0.6) is 11.5 Å². The van der Waals surface area contributed by atoms with Gasteiger partial charge in [0, 0.05) is 11.6 Å². The number of esters is 1. The minimum Gasteiger partial charge on any atom is -0.497 e. The standard InChI is InChI=1S/C14H16N2O5/c1-14-10(12(17)20-3)11(15-13(18)16-14)8-5-4-7(19-2)6-9(8)21-14/h4-6,10-11H,1-3H3,(H2,15,16,18). The van der Waals surface area contributed by atoms with Gasteiger partial charge in [-0.15, -0.1) is 0 Å². The van der Waals surface area contributed by atoms with Crippen LogP contribution in [-0.2, 0) is 9.53 Å². The molecule has 112 valence electrons. The molecular weight excluding hydrogens is 276 g/mol. The summed E-state index contributed by atoms with van der Waals surface area (Å²) in [4.78, 5) is 23.9. The van der Waals surface area contributed by atoms with Crippen LogP contribution in [0, 0.1) is 5.92 Å².